The number of hydrogen-bond donors (Lipinski definition) is 0. The Bertz CT molecular complexity index is 229. The van der Waals surface area contributed by atoms with Crippen LogP contribution in [0.4, 0.5) is 4.20 Å². The van der Waals surface area contributed by atoms with Crippen molar-refractivity contribution in [3.05, 3.63) is 0 Å². The largest absolute Gasteiger partial charge is 0.288 e. The lowest BCUT2D eigenvalue weighted by Gasteiger charge is -2.10. The highest BCUT2D eigenvalue weighted by Gasteiger charge is 2.19. The molecule has 0 aromatic rings. The third kappa shape index (κ3) is 14.4. The van der Waals surface area contributed by atoms with Crippen LogP contribution in [0, 0.1) is 11.8 Å². The number of unbranched alkanes of at least 4 members (excludes halogenated alkanes) is 4. The summed E-state index contributed by atoms with van der Waals surface area (Å²) < 4.78 is 25.6. The van der Waals surface area contributed by atoms with Gasteiger partial charge in [0.15, 0.2) is 0 Å². The van der Waals surface area contributed by atoms with Crippen LogP contribution >= 0.6 is 7.45 Å². The van der Waals surface area contributed by atoms with E-state index in [9.17, 15) is 8.76 Å². The van der Waals surface area contributed by atoms with E-state index in [1.54, 1.807) is 0 Å². The Kier molecular flexibility index (Phi) is 11.0. The van der Waals surface area contributed by atoms with E-state index < -0.39 is 7.45 Å². The zero-order valence-corrected chi connectivity index (χ0v) is 14.4. The molecule has 3 heteroatoms. The summed E-state index contributed by atoms with van der Waals surface area (Å²) in [6, 6.07) is 0. The molecule has 19 heavy (non-hydrogen) atoms. The van der Waals surface area contributed by atoms with Gasteiger partial charge in [0.2, 0.25) is 7.45 Å². The molecule has 0 aromatic heterocycles. The van der Waals surface area contributed by atoms with Gasteiger partial charge in [0.05, 0.1) is 0 Å². The second-order valence-corrected chi connectivity index (χ2v) is 9.20. The summed E-state index contributed by atoms with van der Waals surface area (Å²) in [6.07, 6.45) is 8.97. The first kappa shape index (κ1) is 19.2. The maximum atomic E-state index is 13.8. The van der Waals surface area contributed by atoms with E-state index in [2.05, 4.69) is 27.7 Å². The fraction of sp³-hybridized carbons (Fsp3) is 1.00. The predicted octanol–water partition coefficient (Wildman–Crippen LogP) is 6.67. The van der Waals surface area contributed by atoms with Crippen molar-refractivity contribution in [1.29, 1.82) is 0 Å². The minimum Gasteiger partial charge on any atom is -0.288 e. The summed E-state index contributed by atoms with van der Waals surface area (Å²) in [5.74, 6) is 1.44. The molecule has 0 unspecified atom stereocenters. The summed E-state index contributed by atoms with van der Waals surface area (Å²) in [7, 11) is -3.32. The van der Waals surface area contributed by atoms with Gasteiger partial charge in [0.25, 0.3) is 0 Å². The van der Waals surface area contributed by atoms with Crippen molar-refractivity contribution in [3.8, 4) is 0 Å². The summed E-state index contributed by atoms with van der Waals surface area (Å²) in [5, 5.41) is 0. The van der Waals surface area contributed by atoms with Crippen molar-refractivity contribution in [2.24, 2.45) is 11.8 Å². The normalized spacial score (nSPS) is 12.6. The van der Waals surface area contributed by atoms with Gasteiger partial charge in [0, 0.05) is 12.3 Å². The van der Waals surface area contributed by atoms with Crippen LogP contribution in [0.3, 0.4) is 0 Å². The molecule has 0 aliphatic carbocycles. The number of halogens is 1. The standard InChI is InChI=1S/C16H34FOP/c1-15(2)11-7-5-9-13-19(17,18)14-10-6-8-12-16(3)4/h15-16H,5-14H2,1-4H3. The summed E-state index contributed by atoms with van der Waals surface area (Å²) in [4.78, 5) is 0. The third-order valence-corrected chi connectivity index (χ3v) is 5.52. The Morgan fingerprint density at radius 3 is 1.42 bits per heavy atom. The van der Waals surface area contributed by atoms with Gasteiger partial charge in [-0.25, -0.2) is 0 Å². The first-order valence-corrected chi connectivity index (χ1v) is 10.1. The molecule has 0 rings (SSSR count). The lowest BCUT2D eigenvalue weighted by atomic mass is 10.1. The molecule has 0 saturated carbocycles. The fourth-order valence-electron chi connectivity index (χ4n) is 2.27. The highest BCUT2D eigenvalue weighted by molar-refractivity contribution is 7.58. The lowest BCUT2D eigenvalue weighted by molar-refractivity contribution is 0.512. The molecule has 0 aliphatic heterocycles. The van der Waals surface area contributed by atoms with Crippen molar-refractivity contribution < 1.29 is 8.76 Å². The second kappa shape index (κ2) is 10.9. The van der Waals surface area contributed by atoms with Gasteiger partial charge >= 0.3 is 0 Å². The predicted molar refractivity (Wildman–Crippen MR) is 85.1 cm³/mol. The molecule has 116 valence electrons. The molecule has 1 nitrogen and oxygen atoms in total. The molecule has 0 aromatic carbocycles. The zero-order valence-electron chi connectivity index (χ0n) is 13.5. The van der Waals surface area contributed by atoms with Crippen LogP contribution < -0.4 is 0 Å². The van der Waals surface area contributed by atoms with Gasteiger partial charge in [0.1, 0.15) is 0 Å². The van der Waals surface area contributed by atoms with Crippen LogP contribution in [0.2, 0.25) is 0 Å². The van der Waals surface area contributed by atoms with Gasteiger partial charge in [-0.05, 0) is 24.7 Å². The maximum absolute atomic E-state index is 13.8. The van der Waals surface area contributed by atoms with E-state index in [1.807, 2.05) is 0 Å². The van der Waals surface area contributed by atoms with Gasteiger partial charge in [-0.15, -0.1) is 0 Å². The Hall–Kier alpha value is 0.160. The molecule has 0 N–H and O–H groups in total. The molecular weight excluding hydrogens is 258 g/mol. The quantitative estimate of drug-likeness (QED) is 0.290. The van der Waals surface area contributed by atoms with Crippen LogP contribution in [0.25, 0.3) is 0 Å². The summed E-state index contributed by atoms with van der Waals surface area (Å²) in [5.41, 5.74) is 0. The molecule has 0 heterocycles. The molecule has 0 radical (unpaired) electrons. The third-order valence-electron chi connectivity index (χ3n) is 3.55. The number of rotatable bonds is 12. The Morgan fingerprint density at radius 2 is 1.11 bits per heavy atom. The molecule has 0 bridgehead atoms. The van der Waals surface area contributed by atoms with Crippen LogP contribution in [-0.2, 0) is 4.57 Å². The van der Waals surface area contributed by atoms with Crippen molar-refractivity contribution in [3.63, 3.8) is 0 Å². The van der Waals surface area contributed by atoms with Crippen LogP contribution in [0.5, 0.6) is 0 Å². The zero-order chi connectivity index (χ0) is 14.7. The van der Waals surface area contributed by atoms with E-state index >= 15 is 0 Å². The van der Waals surface area contributed by atoms with E-state index in [0.717, 1.165) is 50.4 Å². The first-order chi connectivity index (χ1) is 8.83. The number of hydrogen-bond acceptors (Lipinski definition) is 1. The molecule has 0 aliphatic rings. The van der Waals surface area contributed by atoms with Gasteiger partial charge in [-0.3, -0.25) is 4.57 Å². The van der Waals surface area contributed by atoms with E-state index in [-0.39, 0.29) is 0 Å². The van der Waals surface area contributed by atoms with Gasteiger partial charge in [-0.1, -0.05) is 66.2 Å². The van der Waals surface area contributed by atoms with E-state index in [1.165, 1.54) is 12.8 Å². The molecule has 0 amide bonds. The smallest absolute Gasteiger partial charge is 0.244 e. The second-order valence-electron chi connectivity index (χ2n) is 6.72. The Labute approximate surface area is 120 Å². The van der Waals surface area contributed by atoms with Crippen molar-refractivity contribution in [2.75, 3.05) is 12.3 Å². The maximum Gasteiger partial charge on any atom is 0.244 e. The molecule has 0 fully saturated rings. The van der Waals surface area contributed by atoms with Crippen molar-refractivity contribution >= 4 is 7.45 Å². The monoisotopic (exact) mass is 292 g/mol. The average molecular weight is 292 g/mol. The van der Waals surface area contributed by atoms with Crippen LogP contribution in [0.15, 0.2) is 0 Å². The van der Waals surface area contributed by atoms with E-state index in [0.29, 0.717) is 12.3 Å². The average Bonchev–Trinajstić information content (AvgIpc) is 2.27. The van der Waals surface area contributed by atoms with Crippen molar-refractivity contribution in [2.45, 2.75) is 79.1 Å². The Balaban J connectivity index is 3.50. The fourth-order valence-corrected chi connectivity index (χ4v) is 3.88. The SMILES string of the molecule is CC(C)CCCCCP(=O)(F)CCCCCC(C)C. The van der Waals surface area contributed by atoms with Gasteiger partial charge in [-0.2, -0.15) is 4.20 Å². The van der Waals surface area contributed by atoms with Gasteiger partial charge < -0.3 is 0 Å². The molecule has 0 saturated heterocycles. The minimum absolute atomic E-state index is 0.315. The Morgan fingerprint density at radius 1 is 0.737 bits per heavy atom. The summed E-state index contributed by atoms with van der Waals surface area (Å²) in [6.45, 7) is 8.82. The molecule has 0 spiro atoms. The minimum atomic E-state index is -3.32. The lowest BCUT2D eigenvalue weighted by Crippen LogP contribution is -1.94. The van der Waals surface area contributed by atoms with Crippen LogP contribution in [-0.4, -0.2) is 12.3 Å². The topological polar surface area (TPSA) is 17.1 Å². The highest BCUT2D eigenvalue weighted by atomic mass is 31.2. The molecule has 0 atom stereocenters. The van der Waals surface area contributed by atoms with E-state index in [4.69, 9.17) is 0 Å². The van der Waals surface area contributed by atoms with Crippen molar-refractivity contribution in [1.82, 2.24) is 0 Å². The molecular formula is C16H34FOP. The summed E-state index contributed by atoms with van der Waals surface area (Å²) >= 11 is 0. The first-order valence-electron chi connectivity index (χ1n) is 8.11. The highest BCUT2D eigenvalue weighted by Crippen LogP contribution is 2.49. The van der Waals surface area contributed by atoms with Crippen LogP contribution in [0.1, 0.15) is 79.1 Å².